The van der Waals surface area contributed by atoms with Crippen LogP contribution in [0.1, 0.15) is 11.3 Å². The highest BCUT2D eigenvalue weighted by molar-refractivity contribution is 6.27. The number of benzene rings is 2. The number of carboxylic acid groups (broad SMARTS) is 2. The highest BCUT2D eigenvalue weighted by atomic mass is 19.1. The topological polar surface area (TPSA) is 115 Å². The molecule has 2 aromatic carbocycles. The van der Waals surface area contributed by atoms with Crippen LogP contribution in [0.25, 0.3) is 10.8 Å². The molecule has 0 atom stereocenters. The minimum absolute atomic E-state index is 0.0368. The molecule has 0 aliphatic rings. The van der Waals surface area contributed by atoms with Gasteiger partial charge >= 0.3 is 11.9 Å². The van der Waals surface area contributed by atoms with E-state index in [-0.39, 0.29) is 12.4 Å². The molecule has 170 valence electrons. The largest absolute Gasteiger partial charge is 0.494 e. The molecule has 1 aromatic heterocycles. The lowest BCUT2D eigenvalue weighted by molar-refractivity contribution is -0.159. The third-order valence-corrected chi connectivity index (χ3v) is 4.24. The minimum Gasteiger partial charge on any atom is -0.494 e. The van der Waals surface area contributed by atoms with Gasteiger partial charge in [-0.2, -0.15) is 0 Å². The van der Waals surface area contributed by atoms with Gasteiger partial charge in [-0.15, -0.1) is 0 Å². The van der Waals surface area contributed by atoms with Crippen molar-refractivity contribution in [3.63, 3.8) is 0 Å². The molecule has 0 unspecified atom stereocenters. The number of nitrogens with zero attached hydrogens (tertiary/aromatic N) is 1. The summed E-state index contributed by atoms with van der Waals surface area (Å²) >= 11 is 0. The number of rotatable bonds is 7. The monoisotopic (exact) mass is 449 g/mol. The Hall–Kier alpha value is -3.95. The van der Waals surface area contributed by atoms with Gasteiger partial charge in [-0.3, -0.25) is 4.98 Å². The van der Waals surface area contributed by atoms with Gasteiger partial charge < -0.3 is 24.4 Å². The Bertz CT molecular complexity index is 1090. The Morgan fingerprint density at radius 3 is 2.22 bits per heavy atom. The normalized spacial score (nSPS) is 10.1. The Labute approximate surface area is 182 Å². The van der Waals surface area contributed by atoms with Crippen LogP contribution in [-0.4, -0.2) is 54.6 Å². The third kappa shape index (κ3) is 6.27. The van der Waals surface area contributed by atoms with Crippen molar-refractivity contribution < 1.29 is 42.8 Å². The summed E-state index contributed by atoms with van der Waals surface area (Å²) in [7, 11) is 2.96. The van der Waals surface area contributed by atoms with E-state index in [9.17, 15) is 8.78 Å². The molecule has 10 heteroatoms. The summed E-state index contributed by atoms with van der Waals surface area (Å²) in [4.78, 5) is 22.6. The summed E-state index contributed by atoms with van der Waals surface area (Å²) in [5, 5.41) is 16.5. The van der Waals surface area contributed by atoms with Crippen molar-refractivity contribution >= 4 is 22.7 Å². The maximum absolute atomic E-state index is 13.9. The molecular formula is C22H21F2NO7. The molecule has 0 aliphatic carbocycles. The number of pyridine rings is 1. The van der Waals surface area contributed by atoms with E-state index < -0.39 is 24.4 Å². The molecular weight excluding hydrogens is 428 g/mol. The zero-order valence-corrected chi connectivity index (χ0v) is 17.3. The maximum atomic E-state index is 13.9. The van der Waals surface area contributed by atoms with Gasteiger partial charge in [-0.05, 0) is 41.3 Å². The van der Waals surface area contributed by atoms with E-state index >= 15 is 0 Å². The summed E-state index contributed by atoms with van der Waals surface area (Å²) in [5.74, 6) is -2.88. The minimum atomic E-state index is -1.82. The first kappa shape index (κ1) is 24.3. The lowest BCUT2D eigenvalue weighted by atomic mass is 10.0. The van der Waals surface area contributed by atoms with Crippen LogP contribution >= 0.6 is 0 Å². The number of halogens is 2. The fourth-order valence-corrected chi connectivity index (χ4v) is 2.82. The van der Waals surface area contributed by atoms with Crippen molar-refractivity contribution in [1.29, 1.82) is 0 Å². The molecule has 0 spiro atoms. The van der Waals surface area contributed by atoms with Crippen LogP contribution in [0.4, 0.5) is 8.78 Å². The van der Waals surface area contributed by atoms with E-state index in [1.165, 1.54) is 20.3 Å². The predicted octanol–water partition coefficient (Wildman–Crippen LogP) is 3.49. The standard InChI is InChI=1S/C20H19F2NO3.C2H2O4/c1-24-18-4-3-13(9-16(18)22)10-17-15-12-19(25-2)20(26-8-6-21)11-14(15)5-7-23-17;3-1(4)2(5)6/h3-5,7,9,11-12H,6,8,10H2,1-2H3;(H,3,4)(H,5,6). The summed E-state index contributed by atoms with van der Waals surface area (Å²) in [6, 6.07) is 10.3. The lowest BCUT2D eigenvalue weighted by Gasteiger charge is -2.13. The Morgan fingerprint density at radius 1 is 0.969 bits per heavy atom. The lowest BCUT2D eigenvalue weighted by Crippen LogP contribution is -2.09. The van der Waals surface area contributed by atoms with E-state index in [2.05, 4.69) is 4.98 Å². The summed E-state index contributed by atoms with van der Waals surface area (Å²) < 4.78 is 42.1. The summed E-state index contributed by atoms with van der Waals surface area (Å²) in [6.45, 7) is -0.614. The number of carbonyl (C=O) groups is 2. The number of aromatic nitrogens is 1. The van der Waals surface area contributed by atoms with Crippen molar-refractivity contribution in [3.05, 3.63) is 59.7 Å². The SMILES string of the molecule is COc1ccc(Cc2nccc3cc(OCCF)c(OC)cc23)cc1F.O=C(O)C(=O)O. The number of ether oxygens (including phenoxy) is 3. The predicted molar refractivity (Wildman–Crippen MR) is 111 cm³/mol. The van der Waals surface area contributed by atoms with Gasteiger partial charge in [0.2, 0.25) is 0 Å². The van der Waals surface area contributed by atoms with Crippen molar-refractivity contribution in [2.24, 2.45) is 0 Å². The van der Waals surface area contributed by atoms with Gasteiger partial charge in [0.1, 0.15) is 13.3 Å². The number of fused-ring (bicyclic) bond motifs is 1. The van der Waals surface area contributed by atoms with Crippen molar-refractivity contribution in [2.75, 3.05) is 27.5 Å². The van der Waals surface area contributed by atoms with Crippen LogP contribution in [0.2, 0.25) is 0 Å². The second-order valence-electron chi connectivity index (χ2n) is 6.28. The Kier molecular flexibility index (Phi) is 8.70. The first-order valence-corrected chi connectivity index (χ1v) is 9.23. The molecule has 8 nitrogen and oxygen atoms in total. The number of carboxylic acids is 2. The fraction of sp³-hybridized carbons (Fsp3) is 0.227. The van der Waals surface area contributed by atoms with Crippen molar-refractivity contribution in [1.82, 2.24) is 4.98 Å². The second kappa shape index (κ2) is 11.4. The zero-order chi connectivity index (χ0) is 23.7. The number of aliphatic carboxylic acids is 2. The molecule has 0 radical (unpaired) electrons. The van der Waals surface area contributed by atoms with E-state index in [1.807, 2.05) is 12.1 Å². The van der Waals surface area contributed by atoms with Gasteiger partial charge in [-0.1, -0.05) is 6.07 Å². The van der Waals surface area contributed by atoms with E-state index in [0.717, 1.165) is 22.0 Å². The Morgan fingerprint density at radius 2 is 1.66 bits per heavy atom. The van der Waals surface area contributed by atoms with Crippen LogP contribution in [0.5, 0.6) is 17.2 Å². The Balaban J connectivity index is 0.000000534. The molecule has 0 saturated carbocycles. The number of alkyl halides is 1. The van der Waals surface area contributed by atoms with Gasteiger partial charge in [0.15, 0.2) is 23.1 Å². The van der Waals surface area contributed by atoms with Crippen molar-refractivity contribution in [3.8, 4) is 17.2 Å². The maximum Gasteiger partial charge on any atom is 0.414 e. The number of hydrogen-bond acceptors (Lipinski definition) is 6. The van der Waals surface area contributed by atoms with Gasteiger partial charge in [0.25, 0.3) is 0 Å². The number of hydrogen-bond donors (Lipinski definition) is 2. The quantitative estimate of drug-likeness (QED) is 0.527. The van der Waals surface area contributed by atoms with E-state index in [0.29, 0.717) is 17.9 Å². The molecule has 0 saturated heterocycles. The summed E-state index contributed by atoms with van der Waals surface area (Å²) in [6.07, 6.45) is 2.13. The van der Waals surface area contributed by atoms with E-state index in [1.54, 1.807) is 24.4 Å². The van der Waals surface area contributed by atoms with Crippen molar-refractivity contribution in [2.45, 2.75) is 6.42 Å². The molecule has 0 amide bonds. The third-order valence-electron chi connectivity index (χ3n) is 4.24. The van der Waals surface area contributed by atoms with Crippen LogP contribution in [0.15, 0.2) is 42.6 Å². The molecule has 3 aromatic rings. The second-order valence-corrected chi connectivity index (χ2v) is 6.28. The first-order valence-electron chi connectivity index (χ1n) is 9.23. The smallest absolute Gasteiger partial charge is 0.414 e. The molecule has 0 bridgehead atoms. The van der Waals surface area contributed by atoms with Crippen LogP contribution in [0.3, 0.4) is 0 Å². The van der Waals surface area contributed by atoms with Gasteiger partial charge in [0.05, 0.1) is 19.9 Å². The molecule has 2 N–H and O–H groups in total. The van der Waals surface area contributed by atoms with Gasteiger partial charge in [0, 0.05) is 18.0 Å². The van der Waals surface area contributed by atoms with Crippen LogP contribution in [-0.2, 0) is 16.0 Å². The van der Waals surface area contributed by atoms with E-state index in [4.69, 9.17) is 34.0 Å². The first-order chi connectivity index (χ1) is 15.3. The molecule has 1 heterocycles. The molecule has 3 rings (SSSR count). The zero-order valence-electron chi connectivity index (χ0n) is 17.3. The molecule has 0 aliphatic heterocycles. The van der Waals surface area contributed by atoms with Crippen LogP contribution in [0, 0.1) is 5.82 Å². The average Bonchev–Trinajstić information content (AvgIpc) is 2.77. The molecule has 0 fully saturated rings. The van der Waals surface area contributed by atoms with Crippen LogP contribution < -0.4 is 14.2 Å². The fourth-order valence-electron chi connectivity index (χ4n) is 2.82. The molecule has 32 heavy (non-hydrogen) atoms. The summed E-state index contributed by atoms with van der Waals surface area (Å²) in [5.41, 5.74) is 1.56. The highest BCUT2D eigenvalue weighted by Crippen LogP contribution is 2.34. The average molecular weight is 449 g/mol. The van der Waals surface area contributed by atoms with Gasteiger partial charge in [-0.25, -0.2) is 18.4 Å². The number of methoxy groups -OCH3 is 2. The highest BCUT2D eigenvalue weighted by Gasteiger charge is 2.12.